The van der Waals surface area contributed by atoms with Crippen molar-refractivity contribution in [2.24, 2.45) is 5.73 Å². The van der Waals surface area contributed by atoms with Crippen molar-refractivity contribution in [3.63, 3.8) is 0 Å². The molecule has 1 aliphatic heterocycles. The minimum Gasteiger partial charge on any atom is -0.497 e. The van der Waals surface area contributed by atoms with E-state index in [1.54, 1.807) is 43.5 Å². The summed E-state index contributed by atoms with van der Waals surface area (Å²) in [5, 5.41) is 19.5. The maximum absolute atomic E-state index is 12.4. The molecule has 0 saturated heterocycles. The van der Waals surface area contributed by atoms with Crippen LogP contribution >= 0.6 is 0 Å². The van der Waals surface area contributed by atoms with Crippen LogP contribution in [0.2, 0.25) is 0 Å². The van der Waals surface area contributed by atoms with Crippen molar-refractivity contribution in [1.82, 2.24) is 10.2 Å². The van der Waals surface area contributed by atoms with E-state index >= 15 is 0 Å². The summed E-state index contributed by atoms with van der Waals surface area (Å²) in [6.45, 7) is 1.62. The average molecular weight is 431 g/mol. The highest BCUT2D eigenvalue weighted by Gasteiger charge is 2.35. The number of H-pyrrole nitrogens is 1. The number of nitrogens with two attached hydrogens (primary N) is 1. The van der Waals surface area contributed by atoms with Crippen molar-refractivity contribution in [2.75, 3.05) is 19.0 Å². The first-order chi connectivity index (χ1) is 15.5. The number of amides is 1. The van der Waals surface area contributed by atoms with Crippen LogP contribution in [0.5, 0.6) is 17.4 Å². The molecule has 9 nitrogen and oxygen atoms in total. The predicted molar refractivity (Wildman–Crippen MR) is 116 cm³/mol. The first kappa shape index (κ1) is 20.8. The van der Waals surface area contributed by atoms with E-state index < -0.39 is 5.92 Å². The molecule has 0 spiro atoms. The van der Waals surface area contributed by atoms with Gasteiger partial charge in [-0.3, -0.25) is 9.89 Å². The summed E-state index contributed by atoms with van der Waals surface area (Å²) in [5.74, 6) is 0.589. The highest BCUT2D eigenvalue weighted by Crippen LogP contribution is 2.45. The summed E-state index contributed by atoms with van der Waals surface area (Å²) in [6, 6.07) is 16.3. The summed E-state index contributed by atoms with van der Waals surface area (Å²) in [7, 11) is 1.58. The number of para-hydroxylation sites is 1. The number of carbonyl (C=O) groups excluding carboxylic acids is 1. The molecule has 4 rings (SSSR count). The Bertz CT molecular complexity index is 1220. The van der Waals surface area contributed by atoms with Crippen molar-refractivity contribution in [1.29, 1.82) is 5.26 Å². The SMILES string of the molecule is COc1ccc(NC(=O)COc2ccccc2C2C(C#N)=C(N)Oc3n[nH]c(C)c32)cc1. The Morgan fingerprint density at radius 3 is 2.75 bits per heavy atom. The second kappa shape index (κ2) is 8.73. The molecular weight excluding hydrogens is 410 g/mol. The predicted octanol–water partition coefficient (Wildman–Crippen LogP) is 2.96. The standard InChI is InChI=1S/C23H21N5O4/c1-13-20-21(17(11-24)22(25)32-23(20)28-27-13)16-5-3-4-6-18(16)31-12-19(29)26-14-7-9-15(30-2)10-8-14/h3-10,21H,12,25H2,1-2H3,(H,26,29)(H,27,28). The number of rotatable bonds is 6. The van der Waals surface area contributed by atoms with Gasteiger partial charge in [0.15, 0.2) is 6.61 Å². The van der Waals surface area contributed by atoms with E-state index in [0.29, 0.717) is 34.2 Å². The molecule has 0 saturated carbocycles. The minimum absolute atomic E-state index is 0.0106. The first-order valence-electron chi connectivity index (χ1n) is 9.80. The quantitative estimate of drug-likeness (QED) is 0.546. The molecule has 1 unspecified atom stereocenters. The number of hydrogen-bond acceptors (Lipinski definition) is 7. The van der Waals surface area contributed by atoms with Crippen LogP contribution in [0.1, 0.15) is 22.7 Å². The Balaban J connectivity index is 1.57. The minimum atomic E-state index is -0.539. The zero-order valence-electron chi connectivity index (χ0n) is 17.5. The van der Waals surface area contributed by atoms with E-state index in [1.165, 1.54) is 0 Å². The van der Waals surface area contributed by atoms with Crippen LogP contribution in [-0.4, -0.2) is 29.8 Å². The molecule has 2 aromatic carbocycles. The second-order valence-electron chi connectivity index (χ2n) is 7.10. The topological polar surface area (TPSA) is 135 Å². The Morgan fingerprint density at radius 2 is 2.03 bits per heavy atom. The molecule has 1 amide bonds. The maximum atomic E-state index is 12.4. The van der Waals surface area contributed by atoms with Gasteiger partial charge in [-0.1, -0.05) is 18.2 Å². The number of ether oxygens (including phenoxy) is 3. The van der Waals surface area contributed by atoms with Gasteiger partial charge < -0.3 is 25.3 Å². The number of benzene rings is 2. The summed E-state index contributed by atoms with van der Waals surface area (Å²) < 4.78 is 16.5. The molecular formula is C23H21N5O4. The van der Waals surface area contributed by atoms with Crippen molar-refractivity contribution >= 4 is 11.6 Å². The van der Waals surface area contributed by atoms with Crippen LogP contribution in [0.15, 0.2) is 60.0 Å². The van der Waals surface area contributed by atoms with E-state index in [0.717, 1.165) is 5.69 Å². The van der Waals surface area contributed by atoms with Gasteiger partial charge >= 0.3 is 0 Å². The van der Waals surface area contributed by atoms with E-state index in [-0.39, 0.29) is 24.0 Å². The van der Waals surface area contributed by atoms with E-state index in [9.17, 15) is 10.1 Å². The van der Waals surface area contributed by atoms with Crippen LogP contribution in [-0.2, 0) is 4.79 Å². The normalized spacial score (nSPS) is 14.7. The number of allylic oxidation sites excluding steroid dienone is 1. The second-order valence-corrected chi connectivity index (χ2v) is 7.10. The fourth-order valence-electron chi connectivity index (χ4n) is 3.57. The van der Waals surface area contributed by atoms with Crippen molar-refractivity contribution in [3.05, 3.63) is 76.8 Å². The largest absolute Gasteiger partial charge is 0.497 e. The number of nitrogens with zero attached hydrogens (tertiary/aromatic N) is 2. The van der Waals surface area contributed by atoms with Crippen molar-refractivity contribution in [3.8, 4) is 23.4 Å². The molecule has 0 aliphatic carbocycles. The van der Waals surface area contributed by atoms with E-state index in [4.69, 9.17) is 19.9 Å². The number of nitriles is 1. The molecule has 1 atom stereocenters. The molecule has 0 radical (unpaired) electrons. The van der Waals surface area contributed by atoms with Gasteiger partial charge in [-0.25, -0.2) is 0 Å². The highest BCUT2D eigenvalue weighted by atomic mass is 16.5. The lowest BCUT2D eigenvalue weighted by Crippen LogP contribution is -2.23. The Hall–Kier alpha value is -4.45. The molecule has 1 aromatic heterocycles. The summed E-state index contributed by atoms with van der Waals surface area (Å²) in [6.07, 6.45) is 0. The number of aryl methyl sites for hydroxylation is 1. The van der Waals surface area contributed by atoms with Gasteiger partial charge in [0, 0.05) is 22.5 Å². The lowest BCUT2D eigenvalue weighted by atomic mass is 9.83. The lowest BCUT2D eigenvalue weighted by molar-refractivity contribution is -0.118. The van der Waals surface area contributed by atoms with Gasteiger partial charge in [0.1, 0.15) is 23.1 Å². The van der Waals surface area contributed by atoms with Crippen LogP contribution < -0.4 is 25.3 Å². The van der Waals surface area contributed by atoms with Gasteiger partial charge in [0.25, 0.3) is 5.91 Å². The zero-order chi connectivity index (χ0) is 22.7. The van der Waals surface area contributed by atoms with Gasteiger partial charge in [-0.05, 0) is 37.3 Å². The Kier molecular flexibility index (Phi) is 5.68. The van der Waals surface area contributed by atoms with E-state index in [1.807, 2.05) is 19.1 Å². The van der Waals surface area contributed by atoms with Gasteiger partial charge in [-0.15, -0.1) is 5.10 Å². The number of methoxy groups -OCH3 is 1. The molecule has 3 aromatic rings. The molecule has 9 heteroatoms. The molecule has 162 valence electrons. The molecule has 0 bridgehead atoms. The molecule has 0 fully saturated rings. The van der Waals surface area contributed by atoms with Gasteiger partial charge in [-0.2, -0.15) is 5.26 Å². The van der Waals surface area contributed by atoms with Crippen molar-refractivity contribution in [2.45, 2.75) is 12.8 Å². The number of anilines is 1. The zero-order valence-corrected chi connectivity index (χ0v) is 17.5. The smallest absolute Gasteiger partial charge is 0.262 e. The van der Waals surface area contributed by atoms with E-state index in [2.05, 4.69) is 21.6 Å². The lowest BCUT2D eigenvalue weighted by Gasteiger charge is -2.25. The number of aromatic amines is 1. The highest BCUT2D eigenvalue weighted by molar-refractivity contribution is 5.91. The Labute approximate surface area is 184 Å². The van der Waals surface area contributed by atoms with Crippen LogP contribution in [0.3, 0.4) is 0 Å². The summed E-state index contributed by atoms with van der Waals surface area (Å²) >= 11 is 0. The molecule has 32 heavy (non-hydrogen) atoms. The molecule has 2 heterocycles. The number of aromatic nitrogens is 2. The van der Waals surface area contributed by atoms with Crippen molar-refractivity contribution < 1.29 is 19.0 Å². The average Bonchev–Trinajstić information content (AvgIpc) is 3.17. The number of nitrogens with one attached hydrogen (secondary N) is 2. The third-order valence-electron chi connectivity index (χ3n) is 5.09. The number of hydrogen-bond donors (Lipinski definition) is 3. The van der Waals surface area contributed by atoms with Crippen LogP contribution in [0.4, 0.5) is 5.69 Å². The maximum Gasteiger partial charge on any atom is 0.262 e. The fraction of sp³-hybridized carbons (Fsp3) is 0.174. The summed E-state index contributed by atoms with van der Waals surface area (Å²) in [4.78, 5) is 12.4. The molecule has 4 N–H and O–H groups in total. The third-order valence-corrected chi connectivity index (χ3v) is 5.09. The monoisotopic (exact) mass is 431 g/mol. The third kappa shape index (κ3) is 3.94. The number of carbonyl (C=O) groups is 1. The first-order valence-corrected chi connectivity index (χ1v) is 9.80. The summed E-state index contributed by atoms with van der Waals surface area (Å²) in [5.41, 5.74) is 8.99. The van der Waals surface area contributed by atoms with Crippen LogP contribution in [0.25, 0.3) is 0 Å². The Morgan fingerprint density at radius 1 is 1.28 bits per heavy atom. The fourth-order valence-corrected chi connectivity index (χ4v) is 3.57. The molecule has 1 aliphatic rings. The van der Waals surface area contributed by atoms with Gasteiger partial charge in [0.2, 0.25) is 11.8 Å². The van der Waals surface area contributed by atoms with Crippen LogP contribution in [0, 0.1) is 18.3 Å². The van der Waals surface area contributed by atoms with Gasteiger partial charge in [0.05, 0.1) is 13.0 Å². The number of fused-ring (bicyclic) bond motifs is 1.